The van der Waals surface area contributed by atoms with Crippen LogP contribution in [-0.4, -0.2) is 24.3 Å². The number of hydrogen-bond donors (Lipinski definition) is 2. The van der Waals surface area contributed by atoms with Crippen LogP contribution in [0.1, 0.15) is 11.1 Å². The van der Waals surface area contributed by atoms with Gasteiger partial charge >= 0.3 is 7.12 Å². The zero-order valence-corrected chi connectivity index (χ0v) is 11.8. The minimum absolute atomic E-state index is 0.120. The van der Waals surface area contributed by atoms with E-state index in [1.165, 1.54) is 19.2 Å². The zero-order valence-electron chi connectivity index (χ0n) is 11.8. The topological polar surface area (TPSA) is 58.9 Å². The van der Waals surface area contributed by atoms with Crippen LogP contribution in [0.4, 0.5) is 4.39 Å². The predicted molar refractivity (Wildman–Crippen MR) is 78.3 cm³/mol. The second-order valence-corrected chi connectivity index (χ2v) is 4.64. The van der Waals surface area contributed by atoms with Gasteiger partial charge < -0.3 is 19.5 Å². The van der Waals surface area contributed by atoms with Crippen LogP contribution in [0.15, 0.2) is 36.4 Å². The molecule has 0 unspecified atom stereocenters. The minimum atomic E-state index is -1.59. The van der Waals surface area contributed by atoms with Crippen LogP contribution in [0.5, 0.6) is 11.5 Å². The predicted octanol–water partition coefficient (Wildman–Crippen LogP) is 1.40. The largest absolute Gasteiger partial charge is 0.497 e. The number of methoxy groups -OCH3 is 1. The van der Waals surface area contributed by atoms with Crippen LogP contribution < -0.4 is 14.9 Å². The van der Waals surface area contributed by atoms with E-state index in [0.717, 1.165) is 0 Å². The molecule has 0 spiro atoms. The molecule has 0 heterocycles. The van der Waals surface area contributed by atoms with Gasteiger partial charge in [-0.05, 0) is 53.8 Å². The van der Waals surface area contributed by atoms with Gasteiger partial charge in [0.15, 0.2) is 0 Å². The molecule has 0 aliphatic carbocycles. The van der Waals surface area contributed by atoms with Gasteiger partial charge in [-0.2, -0.15) is 0 Å². The van der Waals surface area contributed by atoms with Crippen molar-refractivity contribution in [3.8, 4) is 11.5 Å². The van der Waals surface area contributed by atoms with Gasteiger partial charge in [0, 0.05) is 0 Å². The van der Waals surface area contributed by atoms with E-state index in [9.17, 15) is 14.4 Å². The lowest BCUT2D eigenvalue weighted by atomic mass is 9.77. The zero-order chi connectivity index (χ0) is 15.4. The smallest absolute Gasteiger partial charge is 0.488 e. The number of hydrogen-bond acceptors (Lipinski definition) is 4. The van der Waals surface area contributed by atoms with Crippen LogP contribution in [0.3, 0.4) is 0 Å². The van der Waals surface area contributed by atoms with E-state index in [0.29, 0.717) is 28.1 Å². The lowest BCUT2D eigenvalue weighted by Gasteiger charge is -2.13. The summed E-state index contributed by atoms with van der Waals surface area (Å²) >= 11 is 0. The van der Waals surface area contributed by atoms with Gasteiger partial charge in [-0.3, -0.25) is 0 Å². The van der Waals surface area contributed by atoms with E-state index < -0.39 is 7.12 Å². The summed E-state index contributed by atoms with van der Waals surface area (Å²) in [4.78, 5) is 0. The molecule has 21 heavy (non-hydrogen) atoms. The lowest BCUT2D eigenvalue weighted by Crippen LogP contribution is -2.33. The molecular formula is C15H16BFO4. The quantitative estimate of drug-likeness (QED) is 0.817. The Morgan fingerprint density at radius 2 is 1.81 bits per heavy atom. The highest BCUT2D eigenvalue weighted by molar-refractivity contribution is 6.59. The third-order valence-electron chi connectivity index (χ3n) is 3.15. The third-order valence-corrected chi connectivity index (χ3v) is 3.15. The molecule has 2 aromatic rings. The SMILES string of the molecule is COc1ccc(B(O)O)c(COc2ccc(F)c(C)c2)c1. The Morgan fingerprint density at radius 3 is 2.43 bits per heavy atom. The van der Waals surface area contributed by atoms with Crippen LogP contribution >= 0.6 is 0 Å². The van der Waals surface area contributed by atoms with Crippen LogP contribution in [-0.2, 0) is 6.61 Å². The number of rotatable bonds is 5. The fourth-order valence-electron chi connectivity index (χ4n) is 1.95. The fraction of sp³-hybridized carbons (Fsp3) is 0.200. The van der Waals surface area contributed by atoms with Crippen LogP contribution in [0, 0.1) is 12.7 Å². The molecule has 0 aliphatic heterocycles. The molecule has 2 N–H and O–H groups in total. The van der Waals surface area contributed by atoms with Crippen LogP contribution in [0.25, 0.3) is 0 Å². The highest BCUT2D eigenvalue weighted by Crippen LogP contribution is 2.18. The summed E-state index contributed by atoms with van der Waals surface area (Å²) in [5, 5.41) is 18.7. The van der Waals surface area contributed by atoms with E-state index in [-0.39, 0.29) is 12.4 Å². The standard InChI is InChI=1S/C15H16BFO4/c1-10-7-13(4-6-15(10)17)21-9-11-8-12(20-2)3-5-14(11)16(18)19/h3-8,18-19H,9H2,1-2H3. The van der Waals surface area contributed by atoms with E-state index in [2.05, 4.69) is 0 Å². The molecular weight excluding hydrogens is 274 g/mol. The Labute approximate surface area is 122 Å². The van der Waals surface area contributed by atoms with Crippen LogP contribution in [0.2, 0.25) is 0 Å². The molecule has 0 radical (unpaired) electrons. The first-order valence-corrected chi connectivity index (χ1v) is 6.43. The second kappa shape index (κ2) is 6.60. The monoisotopic (exact) mass is 290 g/mol. The van der Waals surface area contributed by atoms with E-state index >= 15 is 0 Å². The van der Waals surface area contributed by atoms with Crippen molar-refractivity contribution in [1.29, 1.82) is 0 Å². The summed E-state index contributed by atoms with van der Waals surface area (Å²) in [7, 11) is -0.0670. The molecule has 0 fully saturated rings. The molecule has 0 atom stereocenters. The summed E-state index contributed by atoms with van der Waals surface area (Å²) in [6.45, 7) is 1.77. The molecule has 4 nitrogen and oxygen atoms in total. The molecule has 0 saturated carbocycles. The average Bonchev–Trinajstić information content (AvgIpc) is 2.48. The maximum absolute atomic E-state index is 13.2. The van der Waals surface area contributed by atoms with Crippen molar-refractivity contribution < 1.29 is 23.9 Å². The number of aryl methyl sites for hydroxylation is 1. The van der Waals surface area contributed by atoms with Crippen molar-refractivity contribution in [3.63, 3.8) is 0 Å². The van der Waals surface area contributed by atoms with Gasteiger partial charge in [0.25, 0.3) is 0 Å². The van der Waals surface area contributed by atoms with Crippen molar-refractivity contribution in [3.05, 3.63) is 53.3 Å². The highest BCUT2D eigenvalue weighted by Gasteiger charge is 2.17. The Kier molecular flexibility index (Phi) is 4.83. The normalized spacial score (nSPS) is 10.3. The van der Waals surface area contributed by atoms with Gasteiger partial charge in [-0.1, -0.05) is 6.07 Å². The van der Waals surface area contributed by atoms with Gasteiger partial charge in [0.1, 0.15) is 23.9 Å². The number of halogens is 1. The maximum atomic E-state index is 13.2. The second-order valence-electron chi connectivity index (χ2n) is 4.64. The first kappa shape index (κ1) is 15.3. The molecule has 2 rings (SSSR count). The first-order valence-electron chi connectivity index (χ1n) is 6.43. The summed E-state index contributed by atoms with van der Waals surface area (Å²) in [5.74, 6) is 0.804. The summed E-state index contributed by atoms with van der Waals surface area (Å²) < 4.78 is 23.9. The number of benzene rings is 2. The van der Waals surface area contributed by atoms with Gasteiger partial charge in [0.2, 0.25) is 0 Å². The number of ether oxygens (including phenoxy) is 2. The first-order chi connectivity index (χ1) is 10.0. The average molecular weight is 290 g/mol. The van der Waals surface area contributed by atoms with Crippen molar-refractivity contribution >= 4 is 12.6 Å². The maximum Gasteiger partial charge on any atom is 0.488 e. The van der Waals surface area contributed by atoms with Gasteiger partial charge in [0.05, 0.1) is 7.11 Å². The Hall–Kier alpha value is -2.05. The summed E-state index contributed by atoms with van der Waals surface area (Å²) in [6, 6.07) is 9.32. The van der Waals surface area contributed by atoms with Gasteiger partial charge in [-0.15, -0.1) is 0 Å². The van der Waals surface area contributed by atoms with E-state index in [1.54, 1.807) is 31.2 Å². The Bertz CT molecular complexity index is 631. The van der Waals surface area contributed by atoms with E-state index in [4.69, 9.17) is 9.47 Å². The van der Waals surface area contributed by atoms with Crippen molar-refractivity contribution in [2.45, 2.75) is 13.5 Å². The summed E-state index contributed by atoms with van der Waals surface area (Å²) in [5.41, 5.74) is 1.42. The van der Waals surface area contributed by atoms with Crippen molar-refractivity contribution in [2.75, 3.05) is 7.11 Å². The molecule has 0 aliphatic rings. The van der Waals surface area contributed by atoms with Crippen molar-refractivity contribution in [1.82, 2.24) is 0 Å². The summed E-state index contributed by atoms with van der Waals surface area (Å²) in [6.07, 6.45) is 0. The molecule has 2 aromatic carbocycles. The molecule has 0 saturated heterocycles. The molecule has 0 bridgehead atoms. The Balaban J connectivity index is 2.19. The molecule has 0 aromatic heterocycles. The fourth-order valence-corrected chi connectivity index (χ4v) is 1.95. The van der Waals surface area contributed by atoms with Crippen molar-refractivity contribution in [2.24, 2.45) is 0 Å². The minimum Gasteiger partial charge on any atom is -0.497 e. The molecule has 110 valence electrons. The molecule has 0 amide bonds. The molecule has 6 heteroatoms. The highest BCUT2D eigenvalue weighted by atomic mass is 19.1. The third kappa shape index (κ3) is 3.74. The van der Waals surface area contributed by atoms with Gasteiger partial charge in [-0.25, -0.2) is 4.39 Å². The lowest BCUT2D eigenvalue weighted by molar-refractivity contribution is 0.304. The Morgan fingerprint density at radius 1 is 1.10 bits per heavy atom. The van der Waals surface area contributed by atoms with E-state index in [1.807, 2.05) is 0 Å².